The number of aromatic nitrogens is 1. The Morgan fingerprint density at radius 2 is 1.97 bits per heavy atom. The SMILES string of the molecule is CN=C(NCc1ccnc(Oc2ccc(F)cc2)c1)NC1CCN(C(=O)C2CCCC2)C1.I. The summed E-state index contributed by atoms with van der Waals surface area (Å²) in [5, 5.41) is 6.75. The lowest BCUT2D eigenvalue weighted by atomic mass is 10.1. The molecule has 1 atom stereocenters. The quantitative estimate of drug-likeness (QED) is 0.313. The number of carbonyl (C=O) groups is 1. The van der Waals surface area contributed by atoms with Crippen molar-refractivity contribution in [2.75, 3.05) is 20.1 Å². The number of carbonyl (C=O) groups excluding carboxylic acids is 1. The summed E-state index contributed by atoms with van der Waals surface area (Å²) in [5.41, 5.74) is 0.976. The van der Waals surface area contributed by atoms with Gasteiger partial charge in [0.05, 0.1) is 0 Å². The summed E-state index contributed by atoms with van der Waals surface area (Å²) in [6.07, 6.45) is 7.02. The molecule has 1 aromatic carbocycles. The molecule has 7 nitrogen and oxygen atoms in total. The van der Waals surface area contributed by atoms with Gasteiger partial charge in [0.15, 0.2) is 5.96 Å². The highest BCUT2D eigenvalue weighted by Gasteiger charge is 2.32. The number of hydrogen-bond donors (Lipinski definition) is 2. The van der Waals surface area contributed by atoms with Crippen LogP contribution in [0, 0.1) is 11.7 Å². The first-order valence-electron chi connectivity index (χ1n) is 11.2. The van der Waals surface area contributed by atoms with Gasteiger partial charge in [-0.1, -0.05) is 12.8 Å². The van der Waals surface area contributed by atoms with Crippen LogP contribution in [0.3, 0.4) is 0 Å². The van der Waals surface area contributed by atoms with Crippen molar-refractivity contribution in [3.05, 3.63) is 54.0 Å². The fourth-order valence-electron chi connectivity index (χ4n) is 4.32. The van der Waals surface area contributed by atoms with Crippen LogP contribution < -0.4 is 15.4 Å². The molecule has 33 heavy (non-hydrogen) atoms. The standard InChI is InChI=1S/C24H30FN5O2.HI/c1-26-24(29-20-11-13-30(16-20)23(31)18-4-2-3-5-18)28-15-17-10-12-27-22(14-17)32-21-8-6-19(25)7-9-21;/h6-10,12,14,18,20H,2-5,11,13,15-16H2,1H3,(H2,26,28,29);1H. The second-order valence-corrected chi connectivity index (χ2v) is 8.38. The van der Waals surface area contributed by atoms with Gasteiger partial charge >= 0.3 is 0 Å². The van der Waals surface area contributed by atoms with E-state index in [1.165, 1.54) is 25.0 Å². The van der Waals surface area contributed by atoms with Crippen molar-refractivity contribution in [3.63, 3.8) is 0 Å². The van der Waals surface area contributed by atoms with Crippen molar-refractivity contribution in [2.45, 2.75) is 44.7 Å². The Morgan fingerprint density at radius 3 is 2.70 bits per heavy atom. The normalized spacial score (nSPS) is 18.7. The topological polar surface area (TPSA) is 78.9 Å². The highest BCUT2D eigenvalue weighted by molar-refractivity contribution is 14.0. The van der Waals surface area contributed by atoms with E-state index in [0.29, 0.717) is 30.0 Å². The number of nitrogens with zero attached hydrogens (tertiary/aromatic N) is 3. The van der Waals surface area contributed by atoms with E-state index in [-0.39, 0.29) is 41.8 Å². The zero-order chi connectivity index (χ0) is 22.3. The number of ether oxygens (including phenoxy) is 1. The van der Waals surface area contributed by atoms with Crippen LogP contribution in [0.25, 0.3) is 0 Å². The van der Waals surface area contributed by atoms with Gasteiger partial charge in [-0.25, -0.2) is 9.37 Å². The number of likely N-dealkylation sites (tertiary alicyclic amines) is 1. The lowest BCUT2D eigenvalue weighted by molar-refractivity contribution is -0.134. The van der Waals surface area contributed by atoms with Crippen LogP contribution in [0.2, 0.25) is 0 Å². The van der Waals surface area contributed by atoms with E-state index in [0.717, 1.165) is 37.9 Å². The summed E-state index contributed by atoms with van der Waals surface area (Å²) in [4.78, 5) is 23.2. The number of rotatable bonds is 6. The van der Waals surface area contributed by atoms with Crippen molar-refractivity contribution >= 4 is 35.8 Å². The maximum Gasteiger partial charge on any atom is 0.225 e. The lowest BCUT2D eigenvalue weighted by Gasteiger charge is -2.21. The lowest BCUT2D eigenvalue weighted by Crippen LogP contribution is -2.45. The Kier molecular flexibility index (Phi) is 9.28. The second-order valence-electron chi connectivity index (χ2n) is 8.38. The van der Waals surface area contributed by atoms with E-state index in [1.807, 2.05) is 17.0 Å². The molecule has 1 aliphatic carbocycles. The molecule has 1 saturated carbocycles. The average Bonchev–Trinajstić information content (AvgIpc) is 3.51. The van der Waals surface area contributed by atoms with Gasteiger partial charge in [-0.05, 0) is 55.2 Å². The number of hydrogen-bond acceptors (Lipinski definition) is 4. The monoisotopic (exact) mass is 567 g/mol. The summed E-state index contributed by atoms with van der Waals surface area (Å²) in [5.74, 6) is 1.90. The maximum atomic E-state index is 13.1. The number of aliphatic imine (C=N–C) groups is 1. The molecule has 178 valence electrons. The van der Waals surface area contributed by atoms with Gasteiger partial charge in [0.25, 0.3) is 0 Å². The summed E-state index contributed by atoms with van der Waals surface area (Å²) in [6.45, 7) is 2.07. The van der Waals surface area contributed by atoms with Gasteiger partial charge in [-0.2, -0.15) is 0 Å². The maximum absolute atomic E-state index is 13.1. The first-order valence-corrected chi connectivity index (χ1v) is 11.2. The number of halogens is 2. The Hall–Kier alpha value is -2.43. The van der Waals surface area contributed by atoms with Crippen LogP contribution in [0.1, 0.15) is 37.7 Å². The fraction of sp³-hybridized carbons (Fsp3) is 0.458. The van der Waals surface area contributed by atoms with E-state index in [2.05, 4.69) is 20.6 Å². The zero-order valence-electron chi connectivity index (χ0n) is 18.8. The summed E-state index contributed by atoms with van der Waals surface area (Å²) in [7, 11) is 1.74. The number of benzene rings is 1. The highest BCUT2D eigenvalue weighted by Crippen LogP contribution is 2.28. The minimum absolute atomic E-state index is 0. The predicted molar refractivity (Wildman–Crippen MR) is 136 cm³/mol. The Bertz CT molecular complexity index is 950. The van der Waals surface area contributed by atoms with Crippen molar-refractivity contribution in [1.29, 1.82) is 0 Å². The highest BCUT2D eigenvalue weighted by atomic mass is 127. The van der Waals surface area contributed by atoms with E-state index in [4.69, 9.17) is 4.74 Å². The third-order valence-corrected chi connectivity index (χ3v) is 6.06. The molecule has 2 heterocycles. The number of amides is 1. The van der Waals surface area contributed by atoms with Crippen molar-refractivity contribution in [2.24, 2.45) is 10.9 Å². The molecule has 9 heteroatoms. The molecule has 0 radical (unpaired) electrons. The van der Waals surface area contributed by atoms with Gasteiger partial charge in [-0.3, -0.25) is 9.79 Å². The smallest absolute Gasteiger partial charge is 0.225 e. The van der Waals surface area contributed by atoms with Gasteiger partial charge in [0.2, 0.25) is 11.8 Å². The summed E-state index contributed by atoms with van der Waals surface area (Å²) < 4.78 is 18.8. The number of nitrogens with one attached hydrogen (secondary N) is 2. The summed E-state index contributed by atoms with van der Waals surface area (Å²) in [6, 6.07) is 9.76. The van der Waals surface area contributed by atoms with Crippen LogP contribution in [0.5, 0.6) is 11.6 Å². The minimum Gasteiger partial charge on any atom is -0.439 e. The van der Waals surface area contributed by atoms with Crippen molar-refractivity contribution < 1.29 is 13.9 Å². The number of guanidine groups is 1. The molecular weight excluding hydrogens is 536 g/mol. The third-order valence-electron chi connectivity index (χ3n) is 6.06. The largest absolute Gasteiger partial charge is 0.439 e. The molecule has 2 fully saturated rings. The second kappa shape index (κ2) is 12.2. The van der Waals surface area contributed by atoms with Gasteiger partial charge < -0.3 is 20.3 Å². The first kappa shape index (κ1) is 25.2. The van der Waals surface area contributed by atoms with Crippen LogP contribution in [-0.4, -0.2) is 47.9 Å². The average molecular weight is 567 g/mol. The van der Waals surface area contributed by atoms with Crippen molar-refractivity contribution in [3.8, 4) is 11.6 Å². The number of pyridine rings is 1. The molecule has 4 rings (SSSR count). The van der Waals surface area contributed by atoms with Crippen LogP contribution in [0.15, 0.2) is 47.6 Å². The van der Waals surface area contributed by atoms with Crippen LogP contribution >= 0.6 is 24.0 Å². The molecule has 0 bridgehead atoms. The van der Waals surface area contributed by atoms with Gasteiger partial charge in [0.1, 0.15) is 11.6 Å². The molecule has 1 saturated heterocycles. The Morgan fingerprint density at radius 1 is 1.21 bits per heavy atom. The zero-order valence-corrected chi connectivity index (χ0v) is 21.1. The molecule has 2 aliphatic rings. The fourth-order valence-corrected chi connectivity index (χ4v) is 4.32. The third kappa shape index (κ3) is 7.02. The van der Waals surface area contributed by atoms with E-state index in [1.54, 1.807) is 25.4 Å². The summed E-state index contributed by atoms with van der Waals surface area (Å²) >= 11 is 0. The van der Waals surface area contributed by atoms with Gasteiger partial charge in [0, 0.05) is 50.9 Å². The Labute approximate surface area is 211 Å². The molecule has 0 spiro atoms. The molecule has 1 aromatic heterocycles. The van der Waals surface area contributed by atoms with Gasteiger partial charge in [-0.15, -0.1) is 24.0 Å². The molecule has 1 amide bonds. The predicted octanol–water partition coefficient (Wildman–Crippen LogP) is 4.09. The molecule has 2 aromatic rings. The van der Waals surface area contributed by atoms with E-state index in [9.17, 15) is 9.18 Å². The minimum atomic E-state index is -0.310. The first-order chi connectivity index (χ1) is 15.6. The molecule has 2 N–H and O–H groups in total. The van der Waals surface area contributed by atoms with E-state index < -0.39 is 0 Å². The molecule has 1 unspecified atom stereocenters. The molecular formula is C24H31FIN5O2. The van der Waals surface area contributed by atoms with Crippen molar-refractivity contribution in [1.82, 2.24) is 20.5 Å². The van der Waals surface area contributed by atoms with E-state index >= 15 is 0 Å². The Balaban J connectivity index is 0.00000306. The van der Waals surface area contributed by atoms with Crippen LogP contribution in [-0.2, 0) is 11.3 Å². The molecule has 1 aliphatic heterocycles. The van der Waals surface area contributed by atoms with Crippen LogP contribution in [0.4, 0.5) is 4.39 Å².